The highest BCUT2D eigenvalue weighted by Crippen LogP contribution is 2.34. The largest absolute Gasteiger partial charge is 0.457 e. The van der Waals surface area contributed by atoms with Crippen molar-refractivity contribution in [2.24, 2.45) is 0 Å². The number of ether oxygens (including phenoxy) is 1. The van der Waals surface area contributed by atoms with Crippen LogP contribution in [0.1, 0.15) is 50.7 Å². The predicted molar refractivity (Wildman–Crippen MR) is 81.1 cm³/mol. The van der Waals surface area contributed by atoms with Crippen LogP contribution in [0.3, 0.4) is 0 Å². The summed E-state index contributed by atoms with van der Waals surface area (Å²) in [4.78, 5) is 0. The zero-order chi connectivity index (χ0) is 13.8. The van der Waals surface area contributed by atoms with Crippen LogP contribution >= 0.6 is 0 Å². The molecule has 0 aliphatic carbocycles. The first-order valence-corrected chi connectivity index (χ1v) is 6.95. The molecular formula is C18H22O. The smallest absolute Gasteiger partial charge is 0.130 e. The van der Waals surface area contributed by atoms with Crippen molar-refractivity contribution in [2.45, 2.75) is 39.5 Å². The van der Waals surface area contributed by atoms with E-state index in [-0.39, 0.29) is 0 Å². The summed E-state index contributed by atoms with van der Waals surface area (Å²) < 4.78 is 6.16. The second kappa shape index (κ2) is 5.92. The highest BCUT2D eigenvalue weighted by atomic mass is 16.5. The molecule has 2 rings (SSSR count). The Balaban J connectivity index is 2.37. The molecule has 0 spiro atoms. The maximum Gasteiger partial charge on any atom is 0.130 e. The lowest BCUT2D eigenvalue weighted by molar-refractivity contribution is 0.464. The van der Waals surface area contributed by atoms with Gasteiger partial charge in [0, 0.05) is 0 Å². The lowest BCUT2D eigenvalue weighted by Crippen LogP contribution is -1.97. The Kier molecular flexibility index (Phi) is 4.26. The van der Waals surface area contributed by atoms with Crippen LogP contribution in [0.4, 0.5) is 0 Å². The van der Waals surface area contributed by atoms with Crippen LogP contribution in [-0.2, 0) is 0 Å². The van der Waals surface area contributed by atoms with Crippen LogP contribution in [0.15, 0.2) is 48.5 Å². The normalized spacial score (nSPS) is 11.1. The fourth-order valence-electron chi connectivity index (χ4n) is 2.22. The first kappa shape index (κ1) is 13.7. The van der Waals surface area contributed by atoms with Crippen molar-refractivity contribution in [1.82, 2.24) is 0 Å². The summed E-state index contributed by atoms with van der Waals surface area (Å²) >= 11 is 0. The van der Waals surface area contributed by atoms with Gasteiger partial charge in [-0.3, -0.25) is 0 Å². The van der Waals surface area contributed by atoms with E-state index in [0.717, 1.165) is 11.5 Å². The molecule has 0 heterocycles. The van der Waals surface area contributed by atoms with Crippen LogP contribution in [0.25, 0.3) is 0 Å². The standard InChI is InChI=1S/C18H22O/c1-13(2)15-9-5-7-11-17(15)19-18-12-8-6-10-16(18)14(3)4/h5-14H,1-4H3. The number of para-hydroxylation sites is 2. The summed E-state index contributed by atoms with van der Waals surface area (Å²) in [7, 11) is 0. The third kappa shape index (κ3) is 3.17. The summed E-state index contributed by atoms with van der Waals surface area (Å²) in [5.74, 6) is 2.85. The van der Waals surface area contributed by atoms with Crippen molar-refractivity contribution < 1.29 is 4.74 Å². The fraction of sp³-hybridized carbons (Fsp3) is 0.333. The summed E-state index contributed by atoms with van der Waals surface area (Å²) in [6.45, 7) is 8.76. The van der Waals surface area contributed by atoms with Crippen LogP contribution < -0.4 is 4.74 Å². The molecule has 1 nitrogen and oxygen atoms in total. The molecule has 0 aliphatic heterocycles. The van der Waals surface area contributed by atoms with Crippen LogP contribution in [0, 0.1) is 0 Å². The van der Waals surface area contributed by atoms with Gasteiger partial charge < -0.3 is 4.74 Å². The molecule has 0 amide bonds. The molecule has 2 aromatic carbocycles. The Hall–Kier alpha value is -1.76. The van der Waals surface area contributed by atoms with Crippen molar-refractivity contribution in [3.05, 3.63) is 59.7 Å². The molecule has 0 bridgehead atoms. The Labute approximate surface area is 116 Å². The average molecular weight is 254 g/mol. The van der Waals surface area contributed by atoms with Crippen LogP contribution in [0.5, 0.6) is 11.5 Å². The topological polar surface area (TPSA) is 9.23 Å². The van der Waals surface area contributed by atoms with Gasteiger partial charge in [0.25, 0.3) is 0 Å². The van der Waals surface area contributed by atoms with E-state index in [1.54, 1.807) is 0 Å². The molecule has 0 saturated carbocycles. The van der Waals surface area contributed by atoms with Crippen LogP contribution in [0.2, 0.25) is 0 Å². The van der Waals surface area contributed by atoms with E-state index in [1.165, 1.54) is 11.1 Å². The summed E-state index contributed by atoms with van der Waals surface area (Å²) in [6, 6.07) is 16.6. The Morgan fingerprint density at radius 3 is 1.37 bits per heavy atom. The summed E-state index contributed by atoms with van der Waals surface area (Å²) in [5.41, 5.74) is 2.50. The van der Waals surface area contributed by atoms with Gasteiger partial charge in [0.05, 0.1) is 0 Å². The van der Waals surface area contributed by atoms with E-state index in [0.29, 0.717) is 11.8 Å². The molecule has 1 heteroatoms. The van der Waals surface area contributed by atoms with Crippen molar-refractivity contribution in [3.8, 4) is 11.5 Å². The van der Waals surface area contributed by atoms with Gasteiger partial charge in [-0.2, -0.15) is 0 Å². The summed E-state index contributed by atoms with van der Waals surface area (Å²) in [6.07, 6.45) is 0. The second-order valence-corrected chi connectivity index (χ2v) is 5.49. The van der Waals surface area contributed by atoms with Gasteiger partial charge in [-0.15, -0.1) is 0 Å². The molecule has 100 valence electrons. The average Bonchev–Trinajstić information content (AvgIpc) is 2.39. The van der Waals surface area contributed by atoms with Crippen molar-refractivity contribution >= 4 is 0 Å². The highest BCUT2D eigenvalue weighted by Gasteiger charge is 2.11. The van der Waals surface area contributed by atoms with Gasteiger partial charge >= 0.3 is 0 Å². The first-order valence-electron chi connectivity index (χ1n) is 6.95. The maximum absolute atomic E-state index is 6.16. The molecule has 0 aliphatic rings. The lowest BCUT2D eigenvalue weighted by atomic mass is 10.0. The number of benzene rings is 2. The molecule has 19 heavy (non-hydrogen) atoms. The van der Waals surface area contributed by atoms with Crippen LogP contribution in [-0.4, -0.2) is 0 Å². The van der Waals surface area contributed by atoms with Gasteiger partial charge in [0.1, 0.15) is 11.5 Å². The Bertz CT molecular complexity index is 491. The third-order valence-electron chi connectivity index (χ3n) is 3.30. The molecule has 0 fully saturated rings. The Morgan fingerprint density at radius 2 is 1.00 bits per heavy atom. The SMILES string of the molecule is CC(C)c1ccccc1Oc1ccccc1C(C)C. The number of rotatable bonds is 4. The number of hydrogen-bond acceptors (Lipinski definition) is 1. The molecule has 2 aromatic rings. The molecule has 0 N–H and O–H groups in total. The molecule has 0 radical (unpaired) electrons. The molecule has 0 saturated heterocycles. The molecule has 0 aromatic heterocycles. The molecule has 0 atom stereocenters. The van der Waals surface area contributed by atoms with E-state index in [1.807, 2.05) is 24.3 Å². The van der Waals surface area contributed by atoms with Gasteiger partial charge in [-0.05, 0) is 35.1 Å². The van der Waals surface area contributed by atoms with Gasteiger partial charge in [-0.25, -0.2) is 0 Å². The lowest BCUT2D eigenvalue weighted by Gasteiger charge is -2.17. The number of hydrogen-bond donors (Lipinski definition) is 0. The van der Waals surface area contributed by atoms with E-state index in [4.69, 9.17) is 4.74 Å². The van der Waals surface area contributed by atoms with E-state index >= 15 is 0 Å². The van der Waals surface area contributed by atoms with E-state index in [9.17, 15) is 0 Å². The van der Waals surface area contributed by atoms with Gasteiger partial charge in [-0.1, -0.05) is 64.1 Å². The fourth-order valence-corrected chi connectivity index (χ4v) is 2.22. The minimum atomic E-state index is 0.461. The third-order valence-corrected chi connectivity index (χ3v) is 3.30. The quantitative estimate of drug-likeness (QED) is 0.677. The molecular weight excluding hydrogens is 232 g/mol. The monoisotopic (exact) mass is 254 g/mol. The highest BCUT2D eigenvalue weighted by molar-refractivity contribution is 5.43. The molecule has 0 unspecified atom stereocenters. The minimum absolute atomic E-state index is 0.461. The van der Waals surface area contributed by atoms with E-state index in [2.05, 4.69) is 52.0 Å². The van der Waals surface area contributed by atoms with Gasteiger partial charge in [0.2, 0.25) is 0 Å². The Morgan fingerprint density at radius 1 is 0.632 bits per heavy atom. The first-order chi connectivity index (χ1) is 9.09. The predicted octanol–water partition coefficient (Wildman–Crippen LogP) is 5.73. The zero-order valence-electron chi connectivity index (χ0n) is 12.2. The van der Waals surface area contributed by atoms with E-state index < -0.39 is 0 Å². The summed E-state index contributed by atoms with van der Waals surface area (Å²) in [5, 5.41) is 0. The van der Waals surface area contributed by atoms with Crippen molar-refractivity contribution in [2.75, 3.05) is 0 Å². The zero-order valence-corrected chi connectivity index (χ0v) is 12.2. The van der Waals surface area contributed by atoms with Gasteiger partial charge in [0.15, 0.2) is 0 Å². The maximum atomic E-state index is 6.16. The minimum Gasteiger partial charge on any atom is -0.457 e. The second-order valence-electron chi connectivity index (χ2n) is 5.49. The van der Waals surface area contributed by atoms with Crippen molar-refractivity contribution in [1.29, 1.82) is 0 Å². The van der Waals surface area contributed by atoms with Crippen molar-refractivity contribution in [3.63, 3.8) is 0 Å².